The lowest BCUT2D eigenvalue weighted by Crippen LogP contribution is -2.18. The fraction of sp³-hybridized carbons (Fsp3) is 0.286. The first-order chi connectivity index (χ1) is 8.95. The smallest absolute Gasteiger partial charge is 0.352 e. The van der Waals surface area contributed by atoms with Crippen LogP contribution in [-0.2, 0) is 6.54 Å². The number of rotatable bonds is 3. The average molecular weight is 260 g/mol. The summed E-state index contributed by atoms with van der Waals surface area (Å²) in [5.41, 5.74) is 1.33. The summed E-state index contributed by atoms with van der Waals surface area (Å²) < 4.78 is 1.64. The minimum atomic E-state index is -1.09. The fourth-order valence-electron chi connectivity index (χ4n) is 2.16. The van der Waals surface area contributed by atoms with Gasteiger partial charge in [0.1, 0.15) is 5.69 Å². The average Bonchev–Trinajstić information content (AvgIpc) is 2.37. The highest BCUT2D eigenvalue weighted by atomic mass is 16.4. The molecule has 0 saturated carbocycles. The van der Waals surface area contributed by atoms with E-state index in [-0.39, 0.29) is 11.1 Å². The first-order valence-corrected chi connectivity index (χ1v) is 6.04. The predicted molar refractivity (Wildman–Crippen MR) is 75.2 cm³/mol. The second kappa shape index (κ2) is 4.76. The highest BCUT2D eigenvalue weighted by molar-refractivity contribution is 5.91. The second-order valence-electron chi connectivity index (χ2n) is 4.54. The summed E-state index contributed by atoms with van der Waals surface area (Å²) in [6.45, 7) is 2.36. The van der Waals surface area contributed by atoms with E-state index >= 15 is 0 Å². The maximum Gasteiger partial charge on any atom is 0.352 e. The Kier molecular flexibility index (Phi) is 3.29. The van der Waals surface area contributed by atoms with Crippen LogP contribution in [-0.4, -0.2) is 29.7 Å². The van der Waals surface area contributed by atoms with E-state index in [0.29, 0.717) is 17.4 Å². The van der Waals surface area contributed by atoms with Crippen LogP contribution >= 0.6 is 0 Å². The van der Waals surface area contributed by atoms with Crippen LogP contribution in [0.1, 0.15) is 17.4 Å². The van der Waals surface area contributed by atoms with Gasteiger partial charge in [-0.05, 0) is 25.1 Å². The van der Waals surface area contributed by atoms with Crippen molar-refractivity contribution in [2.75, 3.05) is 19.0 Å². The number of nitrogens with zero attached hydrogens (tertiary/aromatic N) is 2. The summed E-state index contributed by atoms with van der Waals surface area (Å²) >= 11 is 0. The number of hydrogen-bond donors (Lipinski definition) is 1. The van der Waals surface area contributed by atoms with E-state index < -0.39 is 5.97 Å². The predicted octanol–water partition coefficient (Wildman–Crippen LogP) is 1.79. The Labute approximate surface area is 110 Å². The van der Waals surface area contributed by atoms with E-state index in [4.69, 9.17) is 5.11 Å². The monoisotopic (exact) mass is 260 g/mol. The molecule has 1 aromatic heterocycles. The molecule has 19 heavy (non-hydrogen) atoms. The van der Waals surface area contributed by atoms with Crippen molar-refractivity contribution in [1.82, 2.24) is 4.57 Å². The Balaban J connectivity index is 2.86. The summed E-state index contributed by atoms with van der Waals surface area (Å²) in [6.07, 6.45) is 0. The Morgan fingerprint density at radius 3 is 2.53 bits per heavy atom. The normalized spacial score (nSPS) is 10.7. The number of fused-ring (bicyclic) bond motifs is 1. The Morgan fingerprint density at radius 2 is 2.00 bits per heavy atom. The van der Waals surface area contributed by atoms with Gasteiger partial charge in [-0.3, -0.25) is 4.79 Å². The Hall–Kier alpha value is -2.30. The summed E-state index contributed by atoms with van der Waals surface area (Å²) in [4.78, 5) is 25.1. The molecule has 2 rings (SSSR count). The number of aryl methyl sites for hydroxylation is 1. The van der Waals surface area contributed by atoms with Crippen molar-refractivity contribution < 1.29 is 9.90 Å². The molecule has 0 atom stereocenters. The number of carboxylic acids is 1. The van der Waals surface area contributed by atoms with Gasteiger partial charge in [-0.25, -0.2) is 4.79 Å². The molecule has 100 valence electrons. The first-order valence-electron chi connectivity index (χ1n) is 6.04. The van der Waals surface area contributed by atoms with Crippen molar-refractivity contribution in [2.24, 2.45) is 0 Å². The molecule has 0 bridgehead atoms. The third-order valence-corrected chi connectivity index (χ3v) is 3.15. The van der Waals surface area contributed by atoms with Crippen LogP contribution in [0, 0.1) is 0 Å². The summed E-state index contributed by atoms with van der Waals surface area (Å²) in [6, 6.07) is 6.64. The summed E-state index contributed by atoms with van der Waals surface area (Å²) in [5, 5.41) is 9.70. The minimum absolute atomic E-state index is 0.0256. The molecule has 0 fully saturated rings. The fourth-order valence-corrected chi connectivity index (χ4v) is 2.16. The second-order valence-corrected chi connectivity index (χ2v) is 4.54. The number of carbonyl (C=O) groups is 1. The van der Waals surface area contributed by atoms with Crippen LogP contribution in [0.4, 0.5) is 5.69 Å². The third-order valence-electron chi connectivity index (χ3n) is 3.15. The van der Waals surface area contributed by atoms with E-state index in [2.05, 4.69) is 0 Å². The molecular weight excluding hydrogens is 244 g/mol. The van der Waals surface area contributed by atoms with Gasteiger partial charge in [0.25, 0.3) is 0 Å². The quantitative estimate of drug-likeness (QED) is 0.913. The molecule has 0 spiro atoms. The molecule has 5 nitrogen and oxygen atoms in total. The van der Waals surface area contributed by atoms with Crippen LogP contribution in [0.2, 0.25) is 0 Å². The number of aromatic nitrogens is 1. The van der Waals surface area contributed by atoms with Crippen molar-refractivity contribution in [3.63, 3.8) is 0 Å². The van der Waals surface area contributed by atoms with Crippen LogP contribution < -0.4 is 10.3 Å². The maximum absolute atomic E-state index is 12.1. The number of hydrogen-bond acceptors (Lipinski definition) is 3. The minimum Gasteiger partial charge on any atom is -0.477 e. The zero-order valence-electron chi connectivity index (χ0n) is 11.2. The van der Waals surface area contributed by atoms with Gasteiger partial charge >= 0.3 is 5.97 Å². The molecule has 0 aliphatic carbocycles. The zero-order chi connectivity index (χ0) is 14.2. The van der Waals surface area contributed by atoms with Crippen LogP contribution in [0.3, 0.4) is 0 Å². The molecule has 1 aromatic carbocycles. The Bertz CT molecular complexity index is 702. The topological polar surface area (TPSA) is 62.5 Å². The highest BCUT2D eigenvalue weighted by Gasteiger charge is 2.13. The molecule has 1 N–H and O–H groups in total. The van der Waals surface area contributed by atoms with Gasteiger partial charge in [-0.2, -0.15) is 0 Å². The number of anilines is 1. The van der Waals surface area contributed by atoms with Crippen LogP contribution in [0.15, 0.2) is 29.1 Å². The lowest BCUT2D eigenvalue weighted by molar-refractivity contribution is 0.0685. The lowest BCUT2D eigenvalue weighted by Gasteiger charge is -2.16. The van der Waals surface area contributed by atoms with E-state index in [1.165, 1.54) is 6.07 Å². The van der Waals surface area contributed by atoms with Crippen molar-refractivity contribution >= 4 is 22.6 Å². The van der Waals surface area contributed by atoms with E-state index in [0.717, 1.165) is 5.69 Å². The van der Waals surface area contributed by atoms with Crippen molar-refractivity contribution in [2.45, 2.75) is 13.5 Å². The van der Waals surface area contributed by atoms with Gasteiger partial charge in [0.2, 0.25) is 0 Å². The third kappa shape index (κ3) is 2.19. The molecule has 0 aliphatic heterocycles. The number of benzene rings is 1. The van der Waals surface area contributed by atoms with Gasteiger partial charge in [-0.15, -0.1) is 0 Å². The molecular formula is C14H16N2O3. The number of pyridine rings is 1. The molecule has 1 heterocycles. The van der Waals surface area contributed by atoms with E-state index in [1.54, 1.807) is 16.7 Å². The molecule has 0 radical (unpaired) electrons. The van der Waals surface area contributed by atoms with Crippen LogP contribution in [0.5, 0.6) is 0 Å². The number of carboxylic acid groups (broad SMARTS) is 1. The maximum atomic E-state index is 12.1. The molecule has 0 unspecified atom stereocenters. The molecule has 0 amide bonds. The van der Waals surface area contributed by atoms with Gasteiger partial charge in [0.15, 0.2) is 5.43 Å². The largest absolute Gasteiger partial charge is 0.477 e. The van der Waals surface area contributed by atoms with Gasteiger partial charge in [0.05, 0.1) is 5.52 Å². The number of aromatic carboxylic acids is 1. The van der Waals surface area contributed by atoms with Gasteiger partial charge in [0, 0.05) is 37.8 Å². The first kappa shape index (κ1) is 13.1. The lowest BCUT2D eigenvalue weighted by atomic mass is 10.1. The molecule has 0 saturated heterocycles. The molecule has 5 heteroatoms. The van der Waals surface area contributed by atoms with Crippen molar-refractivity contribution in [1.29, 1.82) is 0 Å². The summed E-state index contributed by atoms with van der Waals surface area (Å²) in [7, 11) is 3.79. The van der Waals surface area contributed by atoms with Crippen LogP contribution in [0.25, 0.3) is 10.9 Å². The van der Waals surface area contributed by atoms with Gasteiger partial charge in [-0.1, -0.05) is 0 Å². The zero-order valence-corrected chi connectivity index (χ0v) is 11.2. The van der Waals surface area contributed by atoms with E-state index in [1.807, 2.05) is 32.0 Å². The summed E-state index contributed by atoms with van der Waals surface area (Å²) in [5.74, 6) is -1.09. The van der Waals surface area contributed by atoms with Crippen molar-refractivity contribution in [3.8, 4) is 0 Å². The highest BCUT2D eigenvalue weighted by Crippen LogP contribution is 2.20. The molecule has 2 aromatic rings. The Morgan fingerprint density at radius 1 is 1.32 bits per heavy atom. The van der Waals surface area contributed by atoms with E-state index in [9.17, 15) is 9.59 Å². The van der Waals surface area contributed by atoms with Crippen molar-refractivity contribution in [3.05, 3.63) is 40.2 Å². The standard InChI is InChI=1S/C14H16N2O3/c1-4-16-11-6-5-9(15(2)3)7-10(11)13(17)8-12(16)14(18)19/h5-8H,4H2,1-3H3,(H,18,19). The SMILES string of the molecule is CCn1c(C(=O)O)cc(=O)c2cc(N(C)C)ccc21. The van der Waals surface area contributed by atoms with Gasteiger partial charge < -0.3 is 14.6 Å². The molecule has 0 aliphatic rings.